The maximum atomic E-state index is 14.5. The van der Waals surface area contributed by atoms with E-state index in [-0.39, 0.29) is 10.4 Å². The zero-order valence-electron chi connectivity index (χ0n) is 9.40. The van der Waals surface area contributed by atoms with Crippen LogP contribution in [0, 0.1) is 0 Å². The van der Waals surface area contributed by atoms with E-state index in [1.807, 2.05) is 0 Å². The number of hydrogen-bond acceptors (Lipinski definition) is 7. The van der Waals surface area contributed by atoms with Crippen LogP contribution in [-0.4, -0.2) is 49.5 Å². The number of anilines is 1. The number of rotatable bonds is 2. The van der Waals surface area contributed by atoms with Crippen molar-refractivity contribution in [1.82, 2.24) is 9.55 Å². The summed E-state index contributed by atoms with van der Waals surface area (Å²) in [5, 5.41) is 27.5. The lowest BCUT2D eigenvalue weighted by atomic mass is 10.1. The number of aromatic nitrogens is 2. The minimum Gasteiger partial charge on any atom is -0.394 e. The second-order valence-electron chi connectivity index (χ2n) is 4.02. The Morgan fingerprint density at radius 2 is 2.21 bits per heavy atom. The van der Waals surface area contributed by atoms with Crippen LogP contribution in [0.1, 0.15) is 0 Å². The molecule has 0 aliphatic carbocycles. The van der Waals surface area contributed by atoms with Crippen LogP contribution in [-0.2, 0) is 10.7 Å². The molecule has 0 unspecified atom stereocenters. The maximum Gasteiger partial charge on any atom is 0.360 e. The van der Waals surface area contributed by atoms with E-state index in [9.17, 15) is 23.8 Å². The Balaban J connectivity index is 2.56. The van der Waals surface area contributed by atoms with E-state index in [2.05, 4.69) is 9.72 Å². The number of aliphatic hydroxyl groups is 3. The summed E-state index contributed by atoms with van der Waals surface area (Å²) in [6, 6.07) is 0.973. The van der Waals surface area contributed by atoms with Gasteiger partial charge in [-0.25, -0.2) is 13.8 Å². The van der Waals surface area contributed by atoms with Crippen LogP contribution in [0.4, 0.5) is 14.6 Å². The smallest absolute Gasteiger partial charge is 0.360 e. The molecule has 5 N–H and O–H groups in total. The normalized spacial score (nSPS) is 38.6. The van der Waals surface area contributed by atoms with Crippen molar-refractivity contribution in [3.63, 3.8) is 0 Å². The van der Waals surface area contributed by atoms with Crippen LogP contribution < -0.4 is 11.4 Å². The second-order valence-corrected chi connectivity index (χ2v) is 4.02. The van der Waals surface area contributed by atoms with Gasteiger partial charge in [0, 0.05) is 6.20 Å². The maximum absolute atomic E-state index is 14.5. The topological polar surface area (TPSA) is 131 Å². The number of nitrogen functional groups attached to an aromatic ring is 1. The summed E-state index contributed by atoms with van der Waals surface area (Å²) in [6.07, 6.45) is -3.42. The number of hydrogen-bond donors (Lipinski definition) is 4. The van der Waals surface area contributed by atoms with Crippen molar-refractivity contribution < 1.29 is 28.8 Å². The molecule has 10 heteroatoms. The fraction of sp³-hybridized carbons (Fsp3) is 0.556. The summed E-state index contributed by atoms with van der Waals surface area (Å²) in [4.78, 5) is 14.6. The van der Waals surface area contributed by atoms with E-state index < -0.39 is 36.3 Å². The second kappa shape index (κ2) is 4.20. The molecule has 1 aromatic heterocycles. The lowest BCUT2D eigenvalue weighted by Gasteiger charge is -2.29. The Labute approximate surface area is 104 Å². The van der Waals surface area contributed by atoms with Gasteiger partial charge in [0.2, 0.25) is 0 Å². The van der Waals surface area contributed by atoms with Crippen LogP contribution in [0.2, 0.25) is 0 Å². The van der Waals surface area contributed by atoms with Gasteiger partial charge in [-0.15, -0.1) is 0 Å². The van der Waals surface area contributed by atoms with E-state index in [0.717, 1.165) is 6.07 Å². The molecule has 1 saturated heterocycles. The van der Waals surface area contributed by atoms with Crippen molar-refractivity contribution in [3.05, 3.63) is 22.7 Å². The first kappa shape index (κ1) is 13.8. The van der Waals surface area contributed by atoms with Gasteiger partial charge in [0.25, 0.3) is 0 Å². The Morgan fingerprint density at radius 1 is 1.58 bits per heavy atom. The van der Waals surface area contributed by atoms with Gasteiger partial charge in [0.1, 0.15) is 18.0 Å². The van der Waals surface area contributed by atoms with E-state index >= 15 is 0 Å². The van der Waals surface area contributed by atoms with Crippen LogP contribution in [0.15, 0.2) is 17.1 Å². The number of nitrogens with zero attached hydrogens (tertiary/aromatic N) is 2. The highest BCUT2D eigenvalue weighted by Crippen LogP contribution is 2.45. The average molecular weight is 279 g/mol. The molecule has 0 amide bonds. The molecule has 2 heterocycles. The van der Waals surface area contributed by atoms with Gasteiger partial charge in [-0.2, -0.15) is 9.37 Å². The first-order valence-electron chi connectivity index (χ1n) is 5.16. The van der Waals surface area contributed by atoms with Gasteiger partial charge in [0.05, 0.1) is 6.61 Å². The standard InChI is InChI=1S/C9H11F2N3O5/c10-8(18)6(16)4(3-15)19-9(8,11)14-2-1-5(12)13-7(14)17/h1-2,4,6,15-16,18H,3H2,(H2,12,13,17)/t4-,6-,8-,9+/m1/s1. The van der Waals surface area contributed by atoms with E-state index in [1.54, 1.807) is 0 Å². The van der Waals surface area contributed by atoms with E-state index in [4.69, 9.17) is 10.8 Å². The summed E-state index contributed by atoms with van der Waals surface area (Å²) < 4.78 is 32.8. The summed E-state index contributed by atoms with van der Waals surface area (Å²) in [7, 11) is 0. The molecular formula is C9H11F2N3O5. The van der Waals surface area contributed by atoms with Gasteiger partial charge in [-0.1, -0.05) is 0 Å². The lowest BCUT2D eigenvalue weighted by Crippen LogP contribution is -2.55. The van der Waals surface area contributed by atoms with Crippen molar-refractivity contribution in [2.24, 2.45) is 0 Å². The Hall–Kier alpha value is -1.62. The fourth-order valence-electron chi connectivity index (χ4n) is 1.77. The highest BCUT2D eigenvalue weighted by Gasteiger charge is 2.70. The van der Waals surface area contributed by atoms with Gasteiger partial charge in [-0.05, 0) is 6.07 Å². The highest BCUT2D eigenvalue weighted by molar-refractivity contribution is 5.24. The summed E-state index contributed by atoms with van der Waals surface area (Å²) >= 11 is 0. The molecule has 0 radical (unpaired) electrons. The van der Waals surface area contributed by atoms with Crippen molar-refractivity contribution >= 4 is 5.82 Å². The third-order valence-corrected chi connectivity index (χ3v) is 2.80. The average Bonchev–Trinajstić information content (AvgIpc) is 2.50. The third-order valence-electron chi connectivity index (χ3n) is 2.80. The predicted octanol–water partition coefficient (Wildman–Crippen LogP) is -2.18. The quantitative estimate of drug-likeness (QED) is 0.484. The first-order valence-corrected chi connectivity index (χ1v) is 5.16. The zero-order valence-corrected chi connectivity index (χ0v) is 9.40. The predicted molar refractivity (Wildman–Crippen MR) is 56.0 cm³/mol. The number of halogens is 2. The molecule has 2 rings (SSSR count). The molecule has 1 aliphatic heterocycles. The van der Waals surface area contributed by atoms with Crippen LogP contribution >= 0.6 is 0 Å². The van der Waals surface area contributed by atoms with Crippen LogP contribution in [0.5, 0.6) is 0 Å². The fourth-order valence-corrected chi connectivity index (χ4v) is 1.77. The van der Waals surface area contributed by atoms with E-state index in [1.165, 1.54) is 0 Å². The molecule has 1 aliphatic rings. The van der Waals surface area contributed by atoms with E-state index in [0.29, 0.717) is 6.20 Å². The minimum atomic E-state index is -3.94. The molecule has 1 fully saturated rings. The van der Waals surface area contributed by atoms with Crippen LogP contribution in [0.25, 0.3) is 0 Å². The number of ether oxygens (including phenoxy) is 1. The summed E-state index contributed by atoms with van der Waals surface area (Å²) in [5.74, 6) is -7.91. The van der Waals surface area contributed by atoms with Crippen molar-refractivity contribution in [2.45, 2.75) is 24.0 Å². The number of aliphatic hydroxyl groups excluding tert-OH is 2. The van der Waals surface area contributed by atoms with Crippen LogP contribution in [0.3, 0.4) is 0 Å². The number of nitrogens with two attached hydrogens (primary N) is 1. The molecule has 4 atom stereocenters. The molecule has 0 bridgehead atoms. The molecular weight excluding hydrogens is 268 g/mol. The van der Waals surface area contributed by atoms with Crippen molar-refractivity contribution in [2.75, 3.05) is 12.3 Å². The number of alkyl halides is 2. The van der Waals surface area contributed by atoms with Gasteiger partial charge in [-0.3, -0.25) is 0 Å². The van der Waals surface area contributed by atoms with Gasteiger partial charge >= 0.3 is 17.5 Å². The minimum absolute atomic E-state index is 0.00222. The lowest BCUT2D eigenvalue weighted by molar-refractivity contribution is -0.325. The van der Waals surface area contributed by atoms with Gasteiger partial charge < -0.3 is 25.8 Å². The SMILES string of the molecule is Nc1ccn([C@]2(F)O[C@H](CO)[C@@H](O)[C@]2(O)F)c(=O)n1. The highest BCUT2D eigenvalue weighted by atomic mass is 19.2. The molecule has 0 aromatic carbocycles. The Morgan fingerprint density at radius 3 is 2.68 bits per heavy atom. The van der Waals surface area contributed by atoms with Crippen molar-refractivity contribution in [3.8, 4) is 0 Å². The summed E-state index contributed by atoms with van der Waals surface area (Å²) in [6.45, 7) is -0.962. The molecule has 0 saturated carbocycles. The largest absolute Gasteiger partial charge is 0.394 e. The molecule has 0 spiro atoms. The molecule has 1 aromatic rings. The monoisotopic (exact) mass is 279 g/mol. The van der Waals surface area contributed by atoms with Gasteiger partial charge in [0.15, 0.2) is 0 Å². The molecule has 19 heavy (non-hydrogen) atoms. The summed E-state index contributed by atoms with van der Waals surface area (Å²) in [5.41, 5.74) is 3.86. The first-order chi connectivity index (χ1) is 8.74. The zero-order chi connectivity index (χ0) is 14.4. The Bertz CT molecular complexity index is 551. The molecule has 106 valence electrons. The third kappa shape index (κ3) is 1.80. The van der Waals surface area contributed by atoms with Crippen molar-refractivity contribution in [1.29, 1.82) is 0 Å². The Kier molecular flexibility index (Phi) is 3.05. The molecule has 8 nitrogen and oxygen atoms in total.